The van der Waals surface area contributed by atoms with Crippen LogP contribution in [0.15, 0.2) is 12.5 Å². The first-order chi connectivity index (χ1) is 13.3. The SMILES string of the molecule is CC(N)C(=O)O.NC(CO)C(=O)O.NC(Cc1cnc[nH]1)C(=O)O.NCC(=O)O. The Bertz CT molecular complexity index is 594. The number of nitrogens with zero attached hydrogens (tertiary/aromatic N) is 1. The largest absolute Gasteiger partial charge is 0.480 e. The lowest BCUT2D eigenvalue weighted by Crippen LogP contribution is -2.33. The highest BCUT2D eigenvalue weighted by atomic mass is 16.4. The van der Waals surface area contributed by atoms with Crippen LogP contribution in [0.25, 0.3) is 0 Å². The smallest absolute Gasteiger partial charge is 0.322 e. The average Bonchev–Trinajstić information content (AvgIpc) is 3.15. The second-order valence-electron chi connectivity index (χ2n) is 5.08. The molecule has 14 N–H and O–H groups in total. The maximum absolute atomic E-state index is 10.3. The second-order valence-corrected chi connectivity index (χ2v) is 5.08. The van der Waals surface area contributed by atoms with Gasteiger partial charge in [0.1, 0.15) is 18.1 Å². The van der Waals surface area contributed by atoms with E-state index in [1.165, 1.54) is 13.3 Å². The van der Waals surface area contributed by atoms with E-state index in [4.69, 9.17) is 42.7 Å². The molecule has 0 fully saturated rings. The monoisotopic (exact) mass is 424 g/mol. The number of aliphatic hydroxyl groups is 1. The Labute approximate surface area is 165 Å². The lowest BCUT2D eigenvalue weighted by atomic mass is 10.2. The molecule has 3 atom stereocenters. The van der Waals surface area contributed by atoms with Crippen LogP contribution >= 0.6 is 0 Å². The summed E-state index contributed by atoms with van der Waals surface area (Å²) in [4.78, 5) is 45.2. The minimum absolute atomic E-state index is 0.278. The summed E-state index contributed by atoms with van der Waals surface area (Å²) >= 11 is 0. The van der Waals surface area contributed by atoms with Gasteiger partial charge in [0.15, 0.2) is 0 Å². The predicted octanol–water partition coefficient (Wildman–Crippen LogP) is -3.80. The molecule has 15 nitrogen and oxygen atoms in total. The summed E-state index contributed by atoms with van der Waals surface area (Å²) in [6.45, 7) is 0.637. The first-order valence-electron chi connectivity index (χ1n) is 7.75. The van der Waals surface area contributed by atoms with Gasteiger partial charge < -0.3 is 53.5 Å². The summed E-state index contributed by atoms with van der Waals surface area (Å²) in [5.74, 6) is -4.11. The molecule has 0 aliphatic heterocycles. The number of hydrogen-bond donors (Lipinski definition) is 10. The normalized spacial score (nSPS) is 12.2. The van der Waals surface area contributed by atoms with Crippen molar-refractivity contribution in [2.45, 2.75) is 31.5 Å². The van der Waals surface area contributed by atoms with E-state index in [9.17, 15) is 19.2 Å². The Morgan fingerprint density at radius 1 is 1.00 bits per heavy atom. The zero-order chi connectivity index (χ0) is 23.6. The molecule has 1 aromatic heterocycles. The third-order valence-electron chi connectivity index (χ3n) is 2.39. The molecule has 0 amide bonds. The number of carboxylic acids is 4. The van der Waals surface area contributed by atoms with Gasteiger partial charge in [0.05, 0.1) is 19.5 Å². The van der Waals surface area contributed by atoms with E-state index < -0.39 is 48.6 Å². The van der Waals surface area contributed by atoms with Gasteiger partial charge in [-0.05, 0) is 6.92 Å². The number of nitrogens with two attached hydrogens (primary N) is 4. The number of rotatable bonds is 7. The van der Waals surface area contributed by atoms with E-state index >= 15 is 0 Å². The standard InChI is InChI=1S/C6H9N3O2.C3H7NO3.C3H7NO2.C2H5NO2/c7-5(6(10)11)1-4-2-8-3-9-4;4-2(1-5)3(6)7;1-2(4)3(5)6;3-1-2(4)5/h2-3,5H,1,7H2,(H,8,9)(H,10,11);2,5H,1,4H2,(H,6,7);2H,4H2,1H3,(H,5,6);1,3H2,(H,4,5). The average molecular weight is 424 g/mol. The molecule has 3 unspecified atom stereocenters. The minimum atomic E-state index is -1.18. The molecule has 168 valence electrons. The van der Waals surface area contributed by atoms with Crippen LogP contribution in [0.3, 0.4) is 0 Å². The Morgan fingerprint density at radius 2 is 1.41 bits per heavy atom. The summed E-state index contributed by atoms with van der Waals surface area (Å²) in [5.41, 5.74) is 20.2. The molecule has 29 heavy (non-hydrogen) atoms. The van der Waals surface area contributed by atoms with E-state index in [1.54, 1.807) is 6.20 Å². The van der Waals surface area contributed by atoms with Gasteiger partial charge in [0.25, 0.3) is 0 Å². The molecule has 0 saturated heterocycles. The molecule has 0 aliphatic rings. The number of carboxylic acid groups (broad SMARTS) is 4. The van der Waals surface area contributed by atoms with Crippen molar-refractivity contribution in [1.82, 2.24) is 9.97 Å². The van der Waals surface area contributed by atoms with E-state index in [0.29, 0.717) is 0 Å². The zero-order valence-electron chi connectivity index (χ0n) is 15.6. The van der Waals surface area contributed by atoms with Crippen molar-refractivity contribution >= 4 is 23.9 Å². The Kier molecular flexibility index (Phi) is 19.3. The van der Waals surface area contributed by atoms with Crippen LogP contribution in [0.5, 0.6) is 0 Å². The Morgan fingerprint density at radius 3 is 1.59 bits per heavy atom. The summed E-state index contributed by atoms with van der Waals surface area (Å²) in [7, 11) is 0. The maximum atomic E-state index is 10.3. The number of aromatic amines is 1. The van der Waals surface area contributed by atoms with Gasteiger partial charge in [-0.2, -0.15) is 0 Å². The van der Waals surface area contributed by atoms with Crippen molar-refractivity contribution in [1.29, 1.82) is 0 Å². The third kappa shape index (κ3) is 22.8. The van der Waals surface area contributed by atoms with Crippen molar-refractivity contribution in [3.05, 3.63) is 18.2 Å². The van der Waals surface area contributed by atoms with Crippen molar-refractivity contribution in [2.75, 3.05) is 13.2 Å². The van der Waals surface area contributed by atoms with Gasteiger partial charge in [-0.15, -0.1) is 0 Å². The molecule has 0 saturated carbocycles. The van der Waals surface area contributed by atoms with Crippen LogP contribution in [-0.2, 0) is 25.6 Å². The summed E-state index contributed by atoms with van der Waals surface area (Å²) in [6, 6.07) is -2.71. The van der Waals surface area contributed by atoms with Crippen LogP contribution < -0.4 is 22.9 Å². The minimum Gasteiger partial charge on any atom is -0.480 e. The van der Waals surface area contributed by atoms with Gasteiger partial charge >= 0.3 is 23.9 Å². The molecule has 1 rings (SSSR count). The number of hydrogen-bond acceptors (Lipinski definition) is 10. The summed E-state index contributed by atoms with van der Waals surface area (Å²) in [5, 5.41) is 39.8. The molecule has 1 aromatic rings. The zero-order valence-corrected chi connectivity index (χ0v) is 15.6. The van der Waals surface area contributed by atoms with Crippen molar-refractivity contribution in [3.63, 3.8) is 0 Å². The number of nitrogens with one attached hydrogen (secondary N) is 1. The predicted molar refractivity (Wildman–Crippen MR) is 98.6 cm³/mol. The number of aromatic nitrogens is 2. The van der Waals surface area contributed by atoms with Crippen molar-refractivity contribution in [2.24, 2.45) is 22.9 Å². The van der Waals surface area contributed by atoms with Crippen LogP contribution in [0.2, 0.25) is 0 Å². The molecular formula is C14H28N6O9. The van der Waals surface area contributed by atoms with Crippen LogP contribution in [0, 0.1) is 0 Å². The van der Waals surface area contributed by atoms with Gasteiger partial charge in [-0.25, -0.2) is 4.98 Å². The highest BCUT2D eigenvalue weighted by Crippen LogP contribution is 1.95. The van der Waals surface area contributed by atoms with Gasteiger partial charge in [0.2, 0.25) is 0 Å². The second kappa shape index (κ2) is 18.3. The van der Waals surface area contributed by atoms with Crippen molar-refractivity contribution in [3.8, 4) is 0 Å². The first kappa shape index (κ1) is 30.6. The van der Waals surface area contributed by atoms with E-state index in [2.05, 4.69) is 15.7 Å². The van der Waals surface area contributed by atoms with Gasteiger partial charge in [-0.1, -0.05) is 0 Å². The fraction of sp³-hybridized carbons (Fsp3) is 0.500. The fourth-order valence-corrected chi connectivity index (χ4v) is 0.799. The van der Waals surface area contributed by atoms with Gasteiger partial charge in [-0.3, -0.25) is 19.2 Å². The third-order valence-corrected chi connectivity index (χ3v) is 2.39. The number of H-pyrrole nitrogens is 1. The number of carbonyl (C=O) groups is 4. The number of aliphatic hydroxyl groups excluding tert-OH is 1. The summed E-state index contributed by atoms with van der Waals surface area (Å²) in [6.07, 6.45) is 3.34. The molecule has 0 aliphatic carbocycles. The fourth-order valence-electron chi connectivity index (χ4n) is 0.799. The van der Waals surface area contributed by atoms with E-state index in [0.717, 1.165) is 5.69 Å². The molecular weight excluding hydrogens is 396 g/mol. The lowest BCUT2D eigenvalue weighted by Gasteiger charge is -2.02. The quantitative estimate of drug-likeness (QED) is 0.201. The maximum Gasteiger partial charge on any atom is 0.322 e. The highest BCUT2D eigenvalue weighted by molar-refractivity contribution is 5.73. The molecule has 15 heteroatoms. The van der Waals surface area contributed by atoms with E-state index in [1.807, 2.05) is 0 Å². The number of imidazole rings is 1. The topological polar surface area (TPSA) is 302 Å². The molecule has 0 spiro atoms. The van der Waals surface area contributed by atoms with Crippen LogP contribution in [0.1, 0.15) is 12.6 Å². The van der Waals surface area contributed by atoms with Crippen LogP contribution in [-0.4, -0.2) is 90.7 Å². The Balaban J connectivity index is -0.000000330. The molecule has 0 bridgehead atoms. The molecule has 1 heterocycles. The number of aliphatic carboxylic acids is 4. The Hall–Kier alpha value is -3.11. The van der Waals surface area contributed by atoms with E-state index in [-0.39, 0.29) is 13.0 Å². The first-order valence-corrected chi connectivity index (χ1v) is 7.75. The molecule has 0 aromatic carbocycles. The highest BCUT2D eigenvalue weighted by Gasteiger charge is 2.12. The van der Waals surface area contributed by atoms with Crippen molar-refractivity contribution < 1.29 is 44.7 Å². The molecule has 0 radical (unpaired) electrons. The van der Waals surface area contributed by atoms with Gasteiger partial charge in [0, 0.05) is 18.3 Å². The lowest BCUT2D eigenvalue weighted by molar-refractivity contribution is -0.140. The van der Waals surface area contributed by atoms with Crippen LogP contribution in [0.4, 0.5) is 0 Å². The summed E-state index contributed by atoms with van der Waals surface area (Å²) < 4.78 is 0.